The van der Waals surface area contributed by atoms with Crippen molar-refractivity contribution in [3.63, 3.8) is 0 Å². The minimum atomic E-state index is -0.325. The maximum absolute atomic E-state index is 12.5. The van der Waals surface area contributed by atoms with Crippen LogP contribution in [0.2, 0.25) is 0 Å². The van der Waals surface area contributed by atoms with Gasteiger partial charge < -0.3 is 10.6 Å². The Morgan fingerprint density at radius 1 is 1.55 bits per heavy atom. The Kier molecular flexibility index (Phi) is 4.76. The van der Waals surface area contributed by atoms with Crippen molar-refractivity contribution in [1.29, 1.82) is 0 Å². The number of hydrogen-bond donors (Lipinski definition) is 2. The number of aromatic nitrogens is 1. The first-order valence-corrected chi connectivity index (χ1v) is 7.40. The summed E-state index contributed by atoms with van der Waals surface area (Å²) in [7, 11) is 0. The Bertz CT molecular complexity index is 465. The fourth-order valence-electron chi connectivity index (χ4n) is 2.76. The van der Waals surface area contributed by atoms with E-state index in [-0.39, 0.29) is 11.3 Å². The fraction of sp³-hybridized carbons (Fsp3) is 0.625. The number of piperidine rings is 1. The molecule has 0 radical (unpaired) electrons. The maximum Gasteiger partial charge on any atom is 0.226 e. The van der Waals surface area contributed by atoms with Gasteiger partial charge in [0.1, 0.15) is 0 Å². The first-order valence-electron chi connectivity index (χ1n) is 7.40. The molecule has 110 valence electrons. The van der Waals surface area contributed by atoms with Gasteiger partial charge in [-0.3, -0.25) is 9.78 Å². The van der Waals surface area contributed by atoms with Crippen LogP contribution in [0.5, 0.6) is 0 Å². The zero-order valence-corrected chi connectivity index (χ0v) is 12.7. The van der Waals surface area contributed by atoms with Gasteiger partial charge in [-0.1, -0.05) is 13.8 Å². The van der Waals surface area contributed by atoms with Crippen molar-refractivity contribution in [2.24, 2.45) is 11.3 Å². The lowest BCUT2D eigenvalue weighted by Crippen LogP contribution is -2.47. The van der Waals surface area contributed by atoms with Crippen LogP contribution in [0.15, 0.2) is 18.5 Å². The lowest BCUT2D eigenvalue weighted by atomic mass is 9.74. The molecule has 1 aliphatic rings. The molecule has 0 saturated carbocycles. The molecule has 1 atom stereocenters. The van der Waals surface area contributed by atoms with E-state index in [0.717, 1.165) is 37.1 Å². The highest BCUT2D eigenvalue weighted by Gasteiger charge is 2.36. The van der Waals surface area contributed by atoms with E-state index in [1.165, 1.54) is 0 Å². The summed E-state index contributed by atoms with van der Waals surface area (Å²) in [4.78, 5) is 16.6. The van der Waals surface area contributed by atoms with E-state index in [4.69, 9.17) is 0 Å². The van der Waals surface area contributed by atoms with Gasteiger partial charge in [0, 0.05) is 24.4 Å². The van der Waals surface area contributed by atoms with Crippen LogP contribution in [0.3, 0.4) is 0 Å². The zero-order valence-electron chi connectivity index (χ0n) is 12.7. The summed E-state index contributed by atoms with van der Waals surface area (Å²) in [6.07, 6.45) is 5.88. The second-order valence-electron chi connectivity index (χ2n) is 6.25. The summed E-state index contributed by atoms with van der Waals surface area (Å²) >= 11 is 0. The molecule has 1 fully saturated rings. The minimum Gasteiger partial charge on any atom is -0.352 e. The van der Waals surface area contributed by atoms with E-state index in [9.17, 15) is 4.79 Å². The first kappa shape index (κ1) is 15.0. The van der Waals surface area contributed by atoms with Crippen LogP contribution >= 0.6 is 0 Å². The molecule has 2 N–H and O–H groups in total. The predicted molar refractivity (Wildman–Crippen MR) is 80.2 cm³/mol. The van der Waals surface area contributed by atoms with Crippen molar-refractivity contribution < 1.29 is 4.79 Å². The third kappa shape index (κ3) is 3.37. The highest BCUT2D eigenvalue weighted by atomic mass is 16.2. The van der Waals surface area contributed by atoms with E-state index in [1.807, 2.05) is 19.2 Å². The molecule has 0 bridgehead atoms. The number of amides is 1. The largest absolute Gasteiger partial charge is 0.352 e. The Morgan fingerprint density at radius 2 is 2.35 bits per heavy atom. The number of pyridine rings is 1. The molecule has 4 heteroatoms. The molecule has 1 amide bonds. The van der Waals surface area contributed by atoms with Crippen LogP contribution in [0, 0.1) is 18.3 Å². The third-order valence-corrected chi connectivity index (χ3v) is 4.48. The van der Waals surface area contributed by atoms with Gasteiger partial charge in [-0.05, 0) is 56.0 Å². The van der Waals surface area contributed by atoms with Crippen molar-refractivity contribution in [1.82, 2.24) is 15.6 Å². The molecule has 2 heterocycles. The van der Waals surface area contributed by atoms with E-state index < -0.39 is 0 Å². The van der Waals surface area contributed by atoms with Crippen molar-refractivity contribution in [3.05, 3.63) is 29.6 Å². The van der Waals surface area contributed by atoms with Gasteiger partial charge in [0.2, 0.25) is 5.91 Å². The first-order chi connectivity index (χ1) is 9.51. The molecule has 0 spiro atoms. The molecule has 0 aliphatic carbocycles. The van der Waals surface area contributed by atoms with E-state index in [1.54, 1.807) is 6.20 Å². The summed E-state index contributed by atoms with van der Waals surface area (Å²) in [5.41, 5.74) is 1.92. The molecule has 1 unspecified atom stereocenters. The monoisotopic (exact) mass is 275 g/mol. The number of carbonyl (C=O) groups excluding carboxylic acids is 1. The molecular formula is C16H25N3O. The maximum atomic E-state index is 12.5. The van der Waals surface area contributed by atoms with Gasteiger partial charge in [0.05, 0.1) is 0 Å². The second kappa shape index (κ2) is 6.35. The van der Waals surface area contributed by atoms with E-state index in [0.29, 0.717) is 12.5 Å². The van der Waals surface area contributed by atoms with Crippen molar-refractivity contribution >= 4 is 5.91 Å². The van der Waals surface area contributed by atoms with Crippen molar-refractivity contribution in [2.45, 2.75) is 40.2 Å². The quantitative estimate of drug-likeness (QED) is 0.884. The van der Waals surface area contributed by atoms with Crippen LogP contribution in [0.1, 0.15) is 37.8 Å². The Hall–Kier alpha value is -1.42. The number of aryl methyl sites for hydroxylation is 1. The van der Waals surface area contributed by atoms with Crippen molar-refractivity contribution in [2.75, 3.05) is 13.1 Å². The lowest BCUT2D eigenvalue weighted by molar-refractivity contribution is -0.132. The van der Waals surface area contributed by atoms with Crippen LogP contribution < -0.4 is 10.6 Å². The van der Waals surface area contributed by atoms with E-state index in [2.05, 4.69) is 29.5 Å². The van der Waals surface area contributed by atoms with Gasteiger partial charge in [-0.25, -0.2) is 0 Å². The standard InChI is InChI=1S/C16H25N3O/c1-12-9-18-8-6-13(12)10-19-15(20)16(2,3)14-5-4-7-17-11-14/h6,8-9,14,17H,4-5,7,10-11H2,1-3H3,(H,19,20). The number of nitrogens with one attached hydrogen (secondary N) is 2. The SMILES string of the molecule is Cc1cnccc1CNC(=O)C(C)(C)C1CCCNC1. The Morgan fingerprint density at radius 3 is 3.00 bits per heavy atom. The number of hydrogen-bond acceptors (Lipinski definition) is 3. The zero-order chi connectivity index (χ0) is 14.6. The molecule has 20 heavy (non-hydrogen) atoms. The Balaban J connectivity index is 1.95. The topological polar surface area (TPSA) is 54.0 Å². The summed E-state index contributed by atoms with van der Waals surface area (Å²) in [6.45, 7) is 8.72. The summed E-state index contributed by atoms with van der Waals surface area (Å²) in [5, 5.41) is 6.47. The minimum absolute atomic E-state index is 0.141. The van der Waals surface area contributed by atoms with Gasteiger partial charge in [-0.15, -0.1) is 0 Å². The Labute approximate surface area is 121 Å². The molecular weight excluding hydrogens is 250 g/mol. The molecule has 1 aromatic heterocycles. The van der Waals surface area contributed by atoms with Crippen LogP contribution in [-0.4, -0.2) is 24.0 Å². The normalized spacial score (nSPS) is 19.6. The molecule has 1 saturated heterocycles. The number of carbonyl (C=O) groups is 1. The van der Waals surface area contributed by atoms with Gasteiger partial charge in [0.15, 0.2) is 0 Å². The van der Waals surface area contributed by atoms with Gasteiger partial charge in [0.25, 0.3) is 0 Å². The molecule has 1 aliphatic heterocycles. The second-order valence-corrected chi connectivity index (χ2v) is 6.25. The summed E-state index contributed by atoms with van der Waals surface area (Å²) < 4.78 is 0. The van der Waals surface area contributed by atoms with Crippen LogP contribution in [0.4, 0.5) is 0 Å². The summed E-state index contributed by atoms with van der Waals surface area (Å²) in [5.74, 6) is 0.553. The number of rotatable bonds is 4. The molecule has 1 aromatic rings. The average Bonchev–Trinajstić information content (AvgIpc) is 2.47. The predicted octanol–water partition coefficient (Wildman–Crippen LogP) is 2.03. The molecule has 4 nitrogen and oxygen atoms in total. The number of nitrogens with zero attached hydrogens (tertiary/aromatic N) is 1. The van der Waals surface area contributed by atoms with Crippen LogP contribution in [0.25, 0.3) is 0 Å². The fourth-order valence-corrected chi connectivity index (χ4v) is 2.76. The lowest BCUT2D eigenvalue weighted by Gasteiger charge is -2.36. The smallest absolute Gasteiger partial charge is 0.226 e. The van der Waals surface area contributed by atoms with Crippen LogP contribution in [-0.2, 0) is 11.3 Å². The van der Waals surface area contributed by atoms with Gasteiger partial charge >= 0.3 is 0 Å². The average molecular weight is 275 g/mol. The summed E-state index contributed by atoms with van der Waals surface area (Å²) in [6, 6.07) is 1.96. The molecule has 0 aromatic carbocycles. The highest BCUT2D eigenvalue weighted by molar-refractivity contribution is 5.82. The van der Waals surface area contributed by atoms with Crippen molar-refractivity contribution in [3.8, 4) is 0 Å². The van der Waals surface area contributed by atoms with Gasteiger partial charge in [-0.2, -0.15) is 0 Å². The highest BCUT2D eigenvalue weighted by Crippen LogP contribution is 2.32. The third-order valence-electron chi connectivity index (χ3n) is 4.48. The van der Waals surface area contributed by atoms with E-state index >= 15 is 0 Å². The molecule has 2 rings (SSSR count).